The lowest BCUT2D eigenvalue weighted by molar-refractivity contribution is -0.121. The Bertz CT molecular complexity index is 451. The average molecular weight is 251 g/mol. The van der Waals surface area contributed by atoms with E-state index in [0.717, 1.165) is 19.4 Å². The zero-order valence-electron chi connectivity index (χ0n) is 10.5. The summed E-state index contributed by atoms with van der Waals surface area (Å²) in [6.45, 7) is 0.752. The maximum Gasteiger partial charge on any atom is 0.242 e. The summed E-state index contributed by atoms with van der Waals surface area (Å²) in [6, 6.07) is -0.225. The van der Waals surface area contributed by atoms with Gasteiger partial charge < -0.3 is 20.7 Å². The van der Waals surface area contributed by atoms with Crippen LogP contribution in [0, 0.1) is 0 Å². The average Bonchev–Trinajstić information content (AvgIpc) is 2.87. The molecule has 0 bridgehead atoms. The number of hydrogen-bond donors (Lipinski definition) is 2. The zero-order chi connectivity index (χ0) is 13.1. The van der Waals surface area contributed by atoms with Crippen LogP contribution in [0.4, 0.5) is 11.5 Å². The lowest BCUT2D eigenvalue weighted by atomic mass is 10.2. The van der Waals surface area contributed by atoms with Crippen molar-refractivity contribution >= 4 is 17.4 Å². The van der Waals surface area contributed by atoms with Crippen molar-refractivity contribution < 1.29 is 9.53 Å². The van der Waals surface area contributed by atoms with Crippen molar-refractivity contribution in [2.24, 2.45) is 0 Å². The Morgan fingerprint density at radius 3 is 3.06 bits per heavy atom. The molecule has 1 aromatic heterocycles. The van der Waals surface area contributed by atoms with Gasteiger partial charge in [-0.2, -0.15) is 4.98 Å². The predicted molar refractivity (Wildman–Crippen MR) is 67.4 cm³/mol. The Morgan fingerprint density at radius 1 is 1.61 bits per heavy atom. The van der Waals surface area contributed by atoms with Crippen molar-refractivity contribution in [2.75, 3.05) is 31.3 Å². The second kappa shape index (κ2) is 5.07. The van der Waals surface area contributed by atoms with Gasteiger partial charge in [0.15, 0.2) is 5.82 Å². The fourth-order valence-corrected chi connectivity index (χ4v) is 2.22. The number of ether oxygens (including phenoxy) is 1. The molecule has 3 N–H and O–H groups in total. The number of rotatable bonds is 3. The van der Waals surface area contributed by atoms with E-state index in [-0.39, 0.29) is 11.9 Å². The van der Waals surface area contributed by atoms with Crippen LogP contribution in [-0.2, 0) is 4.79 Å². The molecule has 1 aliphatic rings. The lowest BCUT2D eigenvalue weighted by Crippen LogP contribution is -2.42. The Balaban J connectivity index is 2.33. The monoisotopic (exact) mass is 251 g/mol. The number of nitrogens with zero attached hydrogens (tertiary/aromatic N) is 3. The molecule has 0 aromatic carbocycles. The quantitative estimate of drug-likeness (QED) is 0.771. The fourth-order valence-electron chi connectivity index (χ4n) is 2.22. The second-order valence-corrected chi connectivity index (χ2v) is 4.09. The molecule has 1 aliphatic heterocycles. The molecule has 1 fully saturated rings. The van der Waals surface area contributed by atoms with Crippen molar-refractivity contribution in [3.05, 3.63) is 6.33 Å². The number of carbonyl (C=O) groups is 1. The molecule has 98 valence electrons. The molecule has 1 saturated heterocycles. The largest absolute Gasteiger partial charge is 0.479 e. The van der Waals surface area contributed by atoms with E-state index in [1.807, 2.05) is 4.90 Å². The minimum atomic E-state index is -0.225. The summed E-state index contributed by atoms with van der Waals surface area (Å²) in [4.78, 5) is 21.8. The molecule has 0 radical (unpaired) electrons. The van der Waals surface area contributed by atoms with Crippen LogP contribution in [0.2, 0.25) is 0 Å². The van der Waals surface area contributed by atoms with Gasteiger partial charge in [0.2, 0.25) is 11.8 Å². The molecule has 0 spiro atoms. The van der Waals surface area contributed by atoms with E-state index in [9.17, 15) is 4.79 Å². The van der Waals surface area contributed by atoms with Crippen LogP contribution in [0.1, 0.15) is 12.8 Å². The summed E-state index contributed by atoms with van der Waals surface area (Å²) in [5.41, 5.74) is 6.33. The van der Waals surface area contributed by atoms with E-state index in [2.05, 4.69) is 15.3 Å². The van der Waals surface area contributed by atoms with Gasteiger partial charge in [-0.15, -0.1) is 0 Å². The smallest absolute Gasteiger partial charge is 0.242 e. The molecule has 1 atom stereocenters. The number of likely N-dealkylation sites (N-methyl/N-ethyl adjacent to an activating group) is 1. The first-order valence-electron chi connectivity index (χ1n) is 5.81. The number of nitrogens with one attached hydrogen (secondary N) is 1. The molecule has 7 nitrogen and oxygen atoms in total. The van der Waals surface area contributed by atoms with Gasteiger partial charge in [0.05, 0.1) is 7.11 Å². The van der Waals surface area contributed by atoms with Crippen molar-refractivity contribution in [2.45, 2.75) is 18.9 Å². The molecule has 0 aliphatic carbocycles. The molecule has 18 heavy (non-hydrogen) atoms. The number of carbonyl (C=O) groups excluding carboxylic acids is 1. The molecular weight excluding hydrogens is 234 g/mol. The minimum Gasteiger partial charge on any atom is -0.479 e. The van der Waals surface area contributed by atoms with Crippen LogP contribution < -0.4 is 20.7 Å². The fraction of sp³-hybridized carbons (Fsp3) is 0.545. The third-order valence-electron chi connectivity index (χ3n) is 3.09. The topological polar surface area (TPSA) is 93.4 Å². The van der Waals surface area contributed by atoms with Gasteiger partial charge in [0.25, 0.3) is 0 Å². The van der Waals surface area contributed by atoms with E-state index in [1.54, 1.807) is 7.05 Å². The SMILES string of the molecule is CNC(=O)C1CCCN1c1ncnc(OC)c1N. The van der Waals surface area contributed by atoms with E-state index >= 15 is 0 Å². The van der Waals surface area contributed by atoms with E-state index in [4.69, 9.17) is 10.5 Å². The summed E-state index contributed by atoms with van der Waals surface area (Å²) >= 11 is 0. The van der Waals surface area contributed by atoms with Crippen LogP contribution in [0.25, 0.3) is 0 Å². The van der Waals surface area contributed by atoms with E-state index in [0.29, 0.717) is 17.4 Å². The van der Waals surface area contributed by atoms with Crippen LogP contribution >= 0.6 is 0 Å². The van der Waals surface area contributed by atoms with Crippen molar-refractivity contribution in [3.63, 3.8) is 0 Å². The highest BCUT2D eigenvalue weighted by atomic mass is 16.5. The molecule has 2 heterocycles. The number of aromatic nitrogens is 2. The number of anilines is 2. The number of amides is 1. The Kier molecular flexibility index (Phi) is 3.50. The van der Waals surface area contributed by atoms with Gasteiger partial charge in [0.1, 0.15) is 18.1 Å². The van der Waals surface area contributed by atoms with Gasteiger partial charge in [-0.3, -0.25) is 4.79 Å². The van der Waals surface area contributed by atoms with Crippen molar-refractivity contribution in [1.82, 2.24) is 15.3 Å². The summed E-state index contributed by atoms with van der Waals surface area (Å²) in [5, 5.41) is 2.66. The number of methoxy groups -OCH3 is 1. The maximum absolute atomic E-state index is 11.8. The van der Waals surface area contributed by atoms with Gasteiger partial charge in [0, 0.05) is 13.6 Å². The van der Waals surface area contributed by atoms with Crippen LogP contribution in [0.3, 0.4) is 0 Å². The van der Waals surface area contributed by atoms with Crippen molar-refractivity contribution in [3.8, 4) is 5.88 Å². The summed E-state index contributed by atoms with van der Waals surface area (Å²) in [5.74, 6) is 0.875. The Hall–Kier alpha value is -2.05. The van der Waals surface area contributed by atoms with E-state index in [1.165, 1.54) is 13.4 Å². The summed E-state index contributed by atoms with van der Waals surface area (Å²) < 4.78 is 5.06. The third-order valence-corrected chi connectivity index (χ3v) is 3.09. The number of nitrogen functional groups attached to an aromatic ring is 1. The molecule has 2 rings (SSSR count). The number of nitrogens with two attached hydrogens (primary N) is 1. The normalized spacial score (nSPS) is 18.8. The summed E-state index contributed by atoms with van der Waals surface area (Å²) in [7, 11) is 3.13. The Morgan fingerprint density at radius 2 is 2.39 bits per heavy atom. The Labute approximate surface area is 105 Å². The highest BCUT2D eigenvalue weighted by Gasteiger charge is 2.32. The predicted octanol–water partition coefficient (Wildman–Crippen LogP) is -0.218. The zero-order valence-corrected chi connectivity index (χ0v) is 10.5. The maximum atomic E-state index is 11.8. The van der Waals surface area contributed by atoms with Crippen LogP contribution in [-0.4, -0.2) is 42.6 Å². The standard InChI is InChI=1S/C11H17N5O2/c1-13-10(17)7-4-3-5-16(7)9-8(12)11(18-2)15-6-14-9/h6-7H,3-5,12H2,1-2H3,(H,13,17). The third kappa shape index (κ3) is 2.03. The first-order chi connectivity index (χ1) is 8.69. The molecular formula is C11H17N5O2. The molecule has 0 saturated carbocycles. The minimum absolute atomic E-state index is 0.0236. The second-order valence-electron chi connectivity index (χ2n) is 4.09. The molecule has 7 heteroatoms. The first kappa shape index (κ1) is 12.4. The van der Waals surface area contributed by atoms with Gasteiger partial charge in [-0.1, -0.05) is 0 Å². The molecule has 1 amide bonds. The highest BCUT2D eigenvalue weighted by Crippen LogP contribution is 2.32. The van der Waals surface area contributed by atoms with Crippen molar-refractivity contribution in [1.29, 1.82) is 0 Å². The molecule has 1 aromatic rings. The summed E-state index contributed by atoms with van der Waals surface area (Å²) in [6.07, 6.45) is 3.12. The van der Waals surface area contributed by atoms with Gasteiger partial charge in [-0.25, -0.2) is 4.98 Å². The van der Waals surface area contributed by atoms with Gasteiger partial charge >= 0.3 is 0 Å². The van der Waals surface area contributed by atoms with Gasteiger partial charge in [-0.05, 0) is 12.8 Å². The van der Waals surface area contributed by atoms with Crippen LogP contribution in [0.15, 0.2) is 6.33 Å². The first-order valence-corrected chi connectivity index (χ1v) is 5.81. The lowest BCUT2D eigenvalue weighted by Gasteiger charge is -2.25. The number of hydrogen-bond acceptors (Lipinski definition) is 6. The van der Waals surface area contributed by atoms with Crippen LogP contribution in [0.5, 0.6) is 5.88 Å². The van der Waals surface area contributed by atoms with E-state index < -0.39 is 0 Å². The molecule has 1 unspecified atom stereocenters. The highest BCUT2D eigenvalue weighted by molar-refractivity contribution is 5.86.